The molecule has 1 aromatic heterocycles. The minimum absolute atomic E-state index is 0.0103. The monoisotopic (exact) mass is 396 g/mol. The maximum absolute atomic E-state index is 12.9. The highest BCUT2D eigenvalue weighted by molar-refractivity contribution is 7.14. The highest BCUT2D eigenvalue weighted by Crippen LogP contribution is 2.28. The number of carbonyl (C=O) groups excluding carboxylic acids is 2. The number of anilines is 2. The van der Waals surface area contributed by atoms with Gasteiger partial charge in [-0.05, 0) is 35.9 Å². The Labute approximate surface area is 165 Å². The summed E-state index contributed by atoms with van der Waals surface area (Å²) in [5.41, 5.74) is 1.95. The van der Waals surface area contributed by atoms with Gasteiger partial charge in [-0.3, -0.25) is 9.69 Å². The average molecular weight is 396 g/mol. The van der Waals surface area contributed by atoms with Crippen LogP contribution in [0.1, 0.15) is 18.2 Å². The van der Waals surface area contributed by atoms with Gasteiger partial charge in [0.1, 0.15) is 12.4 Å². The van der Waals surface area contributed by atoms with Crippen molar-refractivity contribution in [3.63, 3.8) is 0 Å². The van der Waals surface area contributed by atoms with Gasteiger partial charge in [0.2, 0.25) is 5.91 Å². The summed E-state index contributed by atoms with van der Waals surface area (Å²) in [5.74, 6) is -1.04. The third kappa shape index (κ3) is 5.11. The highest BCUT2D eigenvalue weighted by Gasteiger charge is 2.17. The van der Waals surface area contributed by atoms with Crippen LogP contribution in [0.25, 0.3) is 6.08 Å². The van der Waals surface area contributed by atoms with Crippen molar-refractivity contribution in [2.24, 2.45) is 0 Å². The molecule has 0 bridgehead atoms. The number of nitrogens with zero attached hydrogens (tertiary/aromatic N) is 2. The molecule has 142 valence electrons. The molecular weight excluding hydrogens is 379 g/mol. The zero-order valence-electron chi connectivity index (χ0n) is 15.0. The number of benzene rings is 2. The first-order valence-electron chi connectivity index (χ1n) is 8.43. The van der Waals surface area contributed by atoms with E-state index in [-0.39, 0.29) is 18.3 Å². The fourth-order valence-electron chi connectivity index (χ4n) is 2.40. The zero-order chi connectivity index (χ0) is 19.9. The van der Waals surface area contributed by atoms with Gasteiger partial charge >= 0.3 is 5.97 Å². The highest BCUT2D eigenvalue weighted by atomic mass is 32.1. The Morgan fingerprint density at radius 3 is 2.54 bits per heavy atom. The molecule has 0 aliphatic heterocycles. The van der Waals surface area contributed by atoms with E-state index >= 15 is 0 Å². The number of rotatable bonds is 6. The van der Waals surface area contributed by atoms with Crippen molar-refractivity contribution in [1.29, 1.82) is 0 Å². The van der Waals surface area contributed by atoms with Gasteiger partial charge in [0, 0.05) is 18.4 Å². The number of thiazole rings is 1. The van der Waals surface area contributed by atoms with Crippen LogP contribution in [-0.4, -0.2) is 16.9 Å². The predicted molar refractivity (Wildman–Crippen MR) is 107 cm³/mol. The van der Waals surface area contributed by atoms with Gasteiger partial charge in [-0.2, -0.15) is 0 Å². The summed E-state index contributed by atoms with van der Waals surface area (Å²) in [5, 5.41) is 2.25. The Bertz CT molecular complexity index is 984. The average Bonchev–Trinajstić information content (AvgIpc) is 3.15. The first-order chi connectivity index (χ1) is 13.5. The predicted octanol–water partition coefficient (Wildman–Crippen LogP) is 4.72. The fourth-order valence-corrected chi connectivity index (χ4v) is 3.27. The number of carbonyl (C=O) groups is 2. The molecule has 3 rings (SSSR count). The Morgan fingerprint density at radius 1 is 1.14 bits per heavy atom. The molecule has 0 fully saturated rings. The molecule has 0 saturated heterocycles. The van der Waals surface area contributed by atoms with E-state index in [0.717, 1.165) is 5.69 Å². The van der Waals surface area contributed by atoms with E-state index in [4.69, 9.17) is 4.74 Å². The lowest BCUT2D eigenvalue weighted by Crippen LogP contribution is -2.22. The van der Waals surface area contributed by atoms with Crippen molar-refractivity contribution < 1.29 is 18.7 Å². The molecule has 0 atom stereocenters. The Balaban J connectivity index is 1.61. The summed E-state index contributed by atoms with van der Waals surface area (Å²) < 4.78 is 18.0. The third-order valence-corrected chi connectivity index (χ3v) is 4.58. The van der Waals surface area contributed by atoms with E-state index < -0.39 is 5.97 Å². The number of esters is 1. The SMILES string of the molecule is CC(=O)N(c1ccccc1)c1nc(COC(=O)/C=C/c2ccc(F)cc2)cs1. The second-order valence-corrected chi connectivity index (χ2v) is 6.64. The van der Waals surface area contributed by atoms with Crippen LogP contribution >= 0.6 is 11.3 Å². The van der Waals surface area contributed by atoms with Gasteiger partial charge < -0.3 is 4.74 Å². The van der Waals surface area contributed by atoms with Crippen molar-refractivity contribution >= 4 is 40.1 Å². The van der Waals surface area contributed by atoms with Gasteiger partial charge in [0.25, 0.3) is 0 Å². The van der Waals surface area contributed by atoms with E-state index in [1.165, 1.54) is 41.4 Å². The fraction of sp³-hybridized carbons (Fsp3) is 0.0952. The van der Waals surface area contributed by atoms with Gasteiger partial charge in [-0.1, -0.05) is 30.3 Å². The van der Waals surface area contributed by atoms with Crippen LogP contribution in [-0.2, 0) is 20.9 Å². The Hall–Kier alpha value is -3.32. The molecule has 7 heteroatoms. The molecular formula is C21H17FN2O3S. The number of aromatic nitrogens is 1. The number of halogens is 1. The van der Waals surface area contributed by atoms with Crippen LogP contribution in [0.15, 0.2) is 66.1 Å². The molecule has 1 amide bonds. The maximum Gasteiger partial charge on any atom is 0.331 e. The van der Waals surface area contributed by atoms with Crippen molar-refractivity contribution in [3.8, 4) is 0 Å². The zero-order valence-corrected chi connectivity index (χ0v) is 15.9. The summed E-state index contributed by atoms with van der Waals surface area (Å²) in [4.78, 5) is 29.8. The Morgan fingerprint density at radius 2 is 1.86 bits per heavy atom. The van der Waals surface area contributed by atoms with Crippen molar-refractivity contribution in [1.82, 2.24) is 4.98 Å². The molecule has 0 aliphatic carbocycles. The van der Waals surface area contributed by atoms with Gasteiger partial charge in [0.05, 0.1) is 11.4 Å². The van der Waals surface area contributed by atoms with E-state index in [9.17, 15) is 14.0 Å². The van der Waals surface area contributed by atoms with Crippen LogP contribution in [0, 0.1) is 5.82 Å². The van der Waals surface area contributed by atoms with Crippen LogP contribution < -0.4 is 4.90 Å². The molecule has 1 heterocycles. The lowest BCUT2D eigenvalue weighted by atomic mass is 10.2. The minimum Gasteiger partial charge on any atom is -0.456 e. The molecule has 3 aromatic rings. The van der Waals surface area contributed by atoms with Crippen molar-refractivity contribution in [2.75, 3.05) is 4.90 Å². The van der Waals surface area contributed by atoms with Crippen LogP contribution in [0.3, 0.4) is 0 Å². The number of hydrogen-bond acceptors (Lipinski definition) is 5. The summed E-state index contributed by atoms with van der Waals surface area (Å²) >= 11 is 1.29. The smallest absolute Gasteiger partial charge is 0.331 e. The molecule has 0 radical (unpaired) electrons. The lowest BCUT2D eigenvalue weighted by molar-refractivity contribution is -0.139. The quantitative estimate of drug-likeness (QED) is 0.447. The van der Waals surface area contributed by atoms with Crippen molar-refractivity contribution in [2.45, 2.75) is 13.5 Å². The van der Waals surface area contributed by atoms with Crippen LogP contribution in [0.2, 0.25) is 0 Å². The number of para-hydroxylation sites is 1. The summed E-state index contributed by atoms with van der Waals surface area (Å²) in [6.07, 6.45) is 2.81. The van der Waals surface area contributed by atoms with Crippen LogP contribution in [0.4, 0.5) is 15.2 Å². The second-order valence-electron chi connectivity index (χ2n) is 5.80. The lowest BCUT2D eigenvalue weighted by Gasteiger charge is -2.17. The van der Waals surface area contributed by atoms with Crippen LogP contribution in [0.5, 0.6) is 0 Å². The maximum atomic E-state index is 12.9. The normalized spacial score (nSPS) is 10.8. The molecule has 28 heavy (non-hydrogen) atoms. The summed E-state index contributed by atoms with van der Waals surface area (Å²) in [6.45, 7) is 1.46. The summed E-state index contributed by atoms with van der Waals surface area (Å²) in [7, 11) is 0. The molecule has 0 aliphatic rings. The van der Waals surface area contributed by atoms with Gasteiger partial charge in [-0.25, -0.2) is 14.2 Å². The van der Waals surface area contributed by atoms with E-state index in [2.05, 4.69) is 4.98 Å². The van der Waals surface area contributed by atoms with E-state index in [0.29, 0.717) is 16.4 Å². The van der Waals surface area contributed by atoms with Gasteiger partial charge in [0.15, 0.2) is 5.13 Å². The molecule has 0 saturated carbocycles. The first-order valence-corrected chi connectivity index (χ1v) is 9.31. The first kappa shape index (κ1) is 19.4. The van der Waals surface area contributed by atoms with Gasteiger partial charge in [-0.15, -0.1) is 11.3 Å². The number of amides is 1. The number of ether oxygens (including phenoxy) is 1. The van der Waals surface area contributed by atoms with Crippen molar-refractivity contribution in [3.05, 3.63) is 83.1 Å². The Kier molecular flexibility index (Phi) is 6.29. The summed E-state index contributed by atoms with van der Waals surface area (Å²) in [6, 6.07) is 15.0. The largest absolute Gasteiger partial charge is 0.456 e. The second kappa shape index (κ2) is 9.05. The topological polar surface area (TPSA) is 59.5 Å². The van der Waals surface area contributed by atoms with E-state index in [1.807, 2.05) is 30.3 Å². The molecule has 2 aromatic carbocycles. The molecule has 0 spiro atoms. The minimum atomic E-state index is -0.537. The molecule has 5 nitrogen and oxygen atoms in total. The standard InChI is InChI=1S/C21H17FN2O3S/c1-15(25)24(19-5-3-2-4-6-19)21-23-18(14-28-21)13-27-20(26)12-9-16-7-10-17(22)11-8-16/h2-12,14H,13H2,1H3/b12-9+. The third-order valence-electron chi connectivity index (χ3n) is 3.70. The molecule has 0 unspecified atom stereocenters. The number of hydrogen-bond donors (Lipinski definition) is 0. The molecule has 0 N–H and O–H groups in total. The van der Waals surface area contributed by atoms with E-state index in [1.54, 1.807) is 23.6 Å².